The number of ether oxygens (including phenoxy) is 1. The van der Waals surface area contributed by atoms with Crippen LogP contribution in [0.5, 0.6) is 0 Å². The number of H-pyrrole nitrogens is 1. The van der Waals surface area contributed by atoms with Crippen molar-refractivity contribution in [3.05, 3.63) is 45.9 Å². The highest BCUT2D eigenvalue weighted by Crippen LogP contribution is 2.47. The molecule has 0 spiro atoms. The average Bonchev–Trinajstić information content (AvgIpc) is 3.22. The predicted octanol–water partition coefficient (Wildman–Crippen LogP) is 2.62. The molecule has 5 heteroatoms. The summed E-state index contributed by atoms with van der Waals surface area (Å²) in [6.45, 7) is 4.22. The minimum absolute atomic E-state index is 0.0233. The van der Waals surface area contributed by atoms with Crippen LogP contribution in [0, 0.1) is 11.3 Å². The van der Waals surface area contributed by atoms with E-state index in [1.807, 2.05) is 29.2 Å². The number of carbonyl (C=O) groups excluding carboxylic acids is 1. The third kappa shape index (κ3) is 2.49. The van der Waals surface area contributed by atoms with E-state index in [1.54, 1.807) is 0 Å². The van der Waals surface area contributed by atoms with Crippen LogP contribution in [0.25, 0.3) is 10.8 Å². The Labute approximate surface area is 152 Å². The number of carbonyl (C=O) groups is 1. The van der Waals surface area contributed by atoms with Crippen molar-refractivity contribution < 1.29 is 9.53 Å². The molecule has 2 aliphatic heterocycles. The minimum atomic E-state index is -0.0982. The smallest absolute Gasteiger partial charge is 0.256 e. The van der Waals surface area contributed by atoms with E-state index in [0.717, 1.165) is 60.8 Å². The van der Waals surface area contributed by atoms with E-state index < -0.39 is 0 Å². The molecular formula is C21H24N2O3. The van der Waals surface area contributed by atoms with Gasteiger partial charge in [0.2, 0.25) is 5.91 Å². The molecule has 1 amide bonds. The van der Waals surface area contributed by atoms with E-state index in [-0.39, 0.29) is 17.1 Å². The summed E-state index contributed by atoms with van der Waals surface area (Å²) in [6.07, 6.45) is 3.83. The molecule has 2 aromatic rings. The lowest BCUT2D eigenvalue weighted by molar-refractivity contribution is -0.135. The van der Waals surface area contributed by atoms with Crippen molar-refractivity contribution in [1.82, 2.24) is 9.88 Å². The fraction of sp³-hybridized carbons (Fsp3) is 0.524. The van der Waals surface area contributed by atoms with E-state index in [2.05, 4.69) is 11.9 Å². The average molecular weight is 352 g/mol. The van der Waals surface area contributed by atoms with Crippen LogP contribution in [0.4, 0.5) is 0 Å². The highest BCUT2D eigenvalue weighted by molar-refractivity contribution is 5.86. The largest absolute Gasteiger partial charge is 0.373 e. The van der Waals surface area contributed by atoms with Gasteiger partial charge in [-0.25, -0.2) is 0 Å². The van der Waals surface area contributed by atoms with E-state index in [9.17, 15) is 9.59 Å². The van der Waals surface area contributed by atoms with Gasteiger partial charge in [-0.2, -0.15) is 0 Å². The Morgan fingerprint density at radius 3 is 2.81 bits per heavy atom. The third-order valence-corrected chi connectivity index (χ3v) is 6.53. The number of fused-ring (bicyclic) bond motifs is 3. The third-order valence-electron chi connectivity index (χ3n) is 6.53. The summed E-state index contributed by atoms with van der Waals surface area (Å²) in [5.74, 6) is 0.667. The van der Waals surface area contributed by atoms with Crippen molar-refractivity contribution in [2.45, 2.75) is 45.3 Å². The minimum Gasteiger partial charge on any atom is -0.373 e. The van der Waals surface area contributed by atoms with Gasteiger partial charge in [0.15, 0.2) is 0 Å². The highest BCUT2D eigenvalue weighted by Gasteiger charge is 2.48. The summed E-state index contributed by atoms with van der Waals surface area (Å²) in [7, 11) is 0. The molecule has 2 fully saturated rings. The Bertz CT molecular complexity index is 944. The maximum absolute atomic E-state index is 12.6. The molecule has 1 aromatic carbocycles. The van der Waals surface area contributed by atoms with E-state index in [0.29, 0.717) is 18.4 Å². The summed E-state index contributed by atoms with van der Waals surface area (Å²) in [4.78, 5) is 30.1. The van der Waals surface area contributed by atoms with E-state index >= 15 is 0 Å². The monoisotopic (exact) mass is 352 g/mol. The van der Waals surface area contributed by atoms with Gasteiger partial charge in [-0.05, 0) is 30.7 Å². The second-order valence-electron chi connectivity index (χ2n) is 8.37. The molecule has 2 unspecified atom stereocenters. The number of rotatable bonds is 2. The number of likely N-dealkylation sites (tertiary alicyclic amines) is 1. The number of nitrogens with one attached hydrogen (secondary N) is 1. The molecule has 1 aromatic heterocycles. The number of benzene rings is 1. The van der Waals surface area contributed by atoms with Gasteiger partial charge in [0.05, 0.1) is 12.7 Å². The van der Waals surface area contributed by atoms with Gasteiger partial charge in [0.25, 0.3) is 5.56 Å². The number of hydrogen-bond acceptors (Lipinski definition) is 3. The molecule has 2 atom stereocenters. The van der Waals surface area contributed by atoms with Crippen molar-refractivity contribution in [1.29, 1.82) is 0 Å². The SMILES string of the molecule is CC1(C(=O)N2CCC(C3Cc4[nH]c(=O)c5ccccc5c4CO3)C2)CC1. The molecule has 1 aliphatic carbocycles. The van der Waals surface area contributed by atoms with Crippen molar-refractivity contribution in [2.75, 3.05) is 13.1 Å². The second-order valence-corrected chi connectivity index (χ2v) is 8.37. The molecule has 0 bridgehead atoms. The van der Waals surface area contributed by atoms with E-state index in [1.165, 1.54) is 0 Å². The predicted molar refractivity (Wildman–Crippen MR) is 98.9 cm³/mol. The first-order chi connectivity index (χ1) is 12.5. The molecule has 1 saturated carbocycles. The lowest BCUT2D eigenvalue weighted by atomic mass is 9.92. The number of aromatic nitrogens is 1. The fourth-order valence-corrected chi connectivity index (χ4v) is 4.54. The van der Waals surface area contributed by atoms with Crippen molar-refractivity contribution in [2.24, 2.45) is 11.3 Å². The molecule has 5 rings (SSSR count). The normalized spacial score (nSPS) is 26.7. The van der Waals surface area contributed by atoms with Gasteiger partial charge >= 0.3 is 0 Å². The summed E-state index contributed by atoms with van der Waals surface area (Å²) in [5.41, 5.74) is 1.99. The van der Waals surface area contributed by atoms with E-state index in [4.69, 9.17) is 4.74 Å². The summed E-state index contributed by atoms with van der Waals surface area (Å²) in [5, 5.41) is 1.72. The molecule has 26 heavy (non-hydrogen) atoms. The number of nitrogens with zero attached hydrogens (tertiary/aromatic N) is 1. The Hall–Kier alpha value is -2.14. The zero-order chi connectivity index (χ0) is 17.9. The fourth-order valence-electron chi connectivity index (χ4n) is 4.54. The van der Waals surface area contributed by atoms with Gasteiger partial charge in [0, 0.05) is 47.5 Å². The number of amides is 1. The van der Waals surface area contributed by atoms with Crippen LogP contribution >= 0.6 is 0 Å². The Balaban J connectivity index is 1.36. The molecular weight excluding hydrogens is 328 g/mol. The first kappa shape index (κ1) is 16.1. The quantitative estimate of drug-likeness (QED) is 0.904. The number of hydrogen-bond donors (Lipinski definition) is 1. The molecule has 3 heterocycles. The summed E-state index contributed by atoms with van der Waals surface area (Å²) in [6, 6.07) is 7.72. The van der Waals surface area contributed by atoms with Crippen LogP contribution in [0.15, 0.2) is 29.1 Å². The maximum Gasteiger partial charge on any atom is 0.256 e. The van der Waals surface area contributed by atoms with Gasteiger partial charge < -0.3 is 14.6 Å². The lowest BCUT2D eigenvalue weighted by Gasteiger charge is -2.30. The van der Waals surface area contributed by atoms with Crippen LogP contribution in [0.2, 0.25) is 0 Å². The molecule has 1 saturated heterocycles. The summed E-state index contributed by atoms with van der Waals surface area (Å²) >= 11 is 0. The maximum atomic E-state index is 12.6. The Morgan fingerprint density at radius 1 is 1.27 bits per heavy atom. The first-order valence-electron chi connectivity index (χ1n) is 9.59. The molecule has 1 N–H and O–H groups in total. The molecule has 5 nitrogen and oxygen atoms in total. The number of pyridine rings is 1. The van der Waals surface area contributed by atoms with Crippen LogP contribution in [-0.2, 0) is 22.6 Å². The topological polar surface area (TPSA) is 62.4 Å². The standard InChI is InChI=1S/C21H24N2O3/c1-21(7-8-21)20(25)23-9-6-13(11-23)18-10-17-16(12-26-18)14-4-2-3-5-15(14)19(24)22-17/h2-5,13,18H,6-12H2,1H3,(H,22,24). The highest BCUT2D eigenvalue weighted by atomic mass is 16.5. The van der Waals surface area contributed by atoms with Gasteiger partial charge in [-0.3, -0.25) is 9.59 Å². The van der Waals surface area contributed by atoms with Crippen LogP contribution in [0.3, 0.4) is 0 Å². The van der Waals surface area contributed by atoms with Crippen molar-refractivity contribution >= 4 is 16.7 Å². The second kappa shape index (κ2) is 5.68. The van der Waals surface area contributed by atoms with Gasteiger partial charge in [-0.1, -0.05) is 25.1 Å². The Morgan fingerprint density at radius 2 is 2.04 bits per heavy atom. The van der Waals surface area contributed by atoms with Crippen LogP contribution in [0.1, 0.15) is 37.4 Å². The lowest BCUT2D eigenvalue weighted by Crippen LogP contribution is -2.37. The van der Waals surface area contributed by atoms with Crippen LogP contribution in [-0.4, -0.2) is 35.0 Å². The molecule has 0 radical (unpaired) electrons. The number of aromatic amines is 1. The molecule has 3 aliphatic rings. The van der Waals surface area contributed by atoms with Crippen molar-refractivity contribution in [3.63, 3.8) is 0 Å². The molecule has 136 valence electrons. The van der Waals surface area contributed by atoms with Gasteiger partial charge in [-0.15, -0.1) is 0 Å². The zero-order valence-electron chi connectivity index (χ0n) is 15.1. The van der Waals surface area contributed by atoms with Crippen LogP contribution < -0.4 is 5.56 Å². The summed E-state index contributed by atoms with van der Waals surface area (Å²) < 4.78 is 6.21. The zero-order valence-corrected chi connectivity index (χ0v) is 15.1. The first-order valence-corrected chi connectivity index (χ1v) is 9.59. The van der Waals surface area contributed by atoms with Gasteiger partial charge in [0.1, 0.15) is 0 Å². The van der Waals surface area contributed by atoms with Crippen molar-refractivity contribution in [3.8, 4) is 0 Å². The Kier molecular flexibility index (Phi) is 3.51.